The summed E-state index contributed by atoms with van der Waals surface area (Å²) in [6, 6.07) is 3.36. The quantitative estimate of drug-likeness (QED) is 0.855. The van der Waals surface area contributed by atoms with E-state index in [4.69, 9.17) is 0 Å². The Balaban J connectivity index is 0.00000192. The molecule has 1 aliphatic heterocycles. The molecule has 0 aliphatic carbocycles. The van der Waals surface area contributed by atoms with Crippen molar-refractivity contribution in [3.05, 3.63) is 40.1 Å². The lowest BCUT2D eigenvalue weighted by atomic mass is 10.1. The Morgan fingerprint density at radius 3 is 2.70 bits per heavy atom. The van der Waals surface area contributed by atoms with Gasteiger partial charge in [0.25, 0.3) is 5.91 Å². The van der Waals surface area contributed by atoms with Gasteiger partial charge in [0.05, 0.1) is 9.75 Å². The zero-order chi connectivity index (χ0) is 15.7. The van der Waals surface area contributed by atoms with Crippen molar-refractivity contribution in [2.75, 3.05) is 19.6 Å². The third-order valence-electron chi connectivity index (χ3n) is 3.82. The molecule has 1 saturated heterocycles. The van der Waals surface area contributed by atoms with Crippen molar-refractivity contribution in [2.24, 2.45) is 7.05 Å². The van der Waals surface area contributed by atoms with Crippen LogP contribution in [0.15, 0.2) is 24.5 Å². The van der Waals surface area contributed by atoms with Gasteiger partial charge in [-0.15, -0.1) is 23.7 Å². The number of thiophene rings is 1. The van der Waals surface area contributed by atoms with Crippen molar-refractivity contribution < 1.29 is 9.59 Å². The van der Waals surface area contributed by atoms with Gasteiger partial charge in [-0.1, -0.05) is 0 Å². The molecular formula is C15H19ClN4O2S. The second-order valence-electron chi connectivity index (χ2n) is 5.33. The molecule has 3 rings (SSSR count). The SMILES string of the molecule is CC(=O)c1ccc(C(=O)N2CCNCC2c2nccn2C)s1.Cl. The number of rotatable bonds is 3. The van der Waals surface area contributed by atoms with Gasteiger partial charge in [0.15, 0.2) is 5.78 Å². The molecule has 0 bridgehead atoms. The van der Waals surface area contributed by atoms with Crippen molar-refractivity contribution in [1.82, 2.24) is 19.8 Å². The number of halogens is 1. The third kappa shape index (κ3) is 3.46. The number of carbonyl (C=O) groups excluding carboxylic acids is 2. The minimum atomic E-state index is -0.0934. The lowest BCUT2D eigenvalue weighted by Gasteiger charge is -2.35. The standard InChI is InChI=1S/C15H18N4O2S.ClH/c1-10(20)12-3-4-13(22-12)15(21)19-8-5-16-9-11(19)14-17-6-7-18(14)2;/h3-4,6-7,11,16H,5,8-9H2,1-2H3;1H. The van der Waals surface area contributed by atoms with Crippen LogP contribution in [0.5, 0.6) is 0 Å². The van der Waals surface area contributed by atoms with Gasteiger partial charge in [-0.3, -0.25) is 9.59 Å². The fraction of sp³-hybridized carbons (Fsp3) is 0.400. The molecule has 0 saturated carbocycles. The second-order valence-corrected chi connectivity index (χ2v) is 6.42. The van der Waals surface area contributed by atoms with Gasteiger partial charge in [0.1, 0.15) is 11.9 Å². The number of aryl methyl sites for hydroxylation is 1. The predicted molar refractivity (Wildman–Crippen MR) is 91.4 cm³/mol. The summed E-state index contributed by atoms with van der Waals surface area (Å²) >= 11 is 1.26. The van der Waals surface area contributed by atoms with Crippen LogP contribution in [0, 0.1) is 0 Å². The second kappa shape index (κ2) is 7.25. The molecule has 3 heterocycles. The van der Waals surface area contributed by atoms with Crippen molar-refractivity contribution in [3.63, 3.8) is 0 Å². The van der Waals surface area contributed by atoms with Crippen molar-refractivity contribution >= 4 is 35.4 Å². The number of ketones is 1. The first kappa shape index (κ1) is 17.7. The number of carbonyl (C=O) groups is 2. The topological polar surface area (TPSA) is 67.2 Å². The molecule has 1 atom stereocenters. The molecule has 0 radical (unpaired) electrons. The monoisotopic (exact) mass is 354 g/mol. The summed E-state index contributed by atoms with van der Waals surface area (Å²) in [5, 5.41) is 3.31. The van der Waals surface area contributed by atoms with E-state index in [1.807, 2.05) is 22.7 Å². The molecular weight excluding hydrogens is 336 g/mol. The summed E-state index contributed by atoms with van der Waals surface area (Å²) in [7, 11) is 1.93. The Morgan fingerprint density at radius 2 is 2.09 bits per heavy atom. The van der Waals surface area contributed by atoms with Crippen LogP contribution in [0.4, 0.5) is 0 Å². The number of aromatic nitrogens is 2. The van der Waals surface area contributed by atoms with Crippen LogP contribution in [-0.2, 0) is 7.05 Å². The summed E-state index contributed by atoms with van der Waals surface area (Å²) in [6.07, 6.45) is 3.62. The lowest BCUT2D eigenvalue weighted by Crippen LogP contribution is -2.49. The number of hydrogen-bond acceptors (Lipinski definition) is 5. The first-order valence-corrected chi connectivity index (χ1v) is 7.99. The highest BCUT2D eigenvalue weighted by Crippen LogP contribution is 2.26. The van der Waals surface area contributed by atoms with Gasteiger partial charge in [-0.05, 0) is 19.1 Å². The average molecular weight is 355 g/mol. The Labute approximate surface area is 144 Å². The fourth-order valence-electron chi connectivity index (χ4n) is 2.66. The van der Waals surface area contributed by atoms with Crippen LogP contribution in [0.2, 0.25) is 0 Å². The molecule has 6 nitrogen and oxygen atoms in total. The van der Waals surface area contributed by atoms with E-state index in [2.05, 4.69) is 10.3 Å². The van der Waals surface area contributed by atoms with Crippen LogP contribution in [0.1, 0.15) is 38.1 Å². The summed E-state index contributed by atoms with van der Waals surface area (Å²) in [5.41, 5.74) is 0. The van der Waals surface area contributed by atoms with Crippen molar-refractivity contribution in [2.45, 2.75) is 13.0 Å². The molecule has 2 aromatic rings. The Hall–Kier alpha value is -1.70. The van der Waals surface area contributed by atoms with Gasteiger partial charge < -0.3 is 14.8 Å². The maximum Gasteiger partial charge on any atom is 0.264 e. The average Bonchev–Trinajstić information content (AvgIpc) is 3.15. The molecule has 1 N–H and O–H groups in total. The van der Waals surface area contributed by atoms with Crippen LogP contribution >= 0.6 is 23.7 Å². The molecule has 1 aliphatic rings. The smallest absolute Gasteiger partial charge is 0.264 e. The number of nitrogens with one attached hydrogen (secondary N) is 1. The fourth-order valence-corrected chi connectivity index (χ4v) is 3.52. The van der Waals surface area contributed by atoms with E-state index in [-0.39, 0.29) is 30.1 Å². The lowest BCUT2D eigenvalue weighted by molar-refractivity contribution is 0.0626. The molecule has 0 aromatic carbocycles. The minimum Gasteiger partial charge on any atom is -0.336 e. The van der Waals surface area contributed by atoms with Gasteiger partial charge in [0, 0.05) is 39.1 Å². The van der Waals surface area contributed by atoms with Crippen LogP contribution in [-0.4, -0.2) is 45.8 Å². The number of Topliss-reactive ketones (excluding diaryl/α,β-unsaturated/α-hetero) is 1. The number of hydrogen-bond donors (Lipinski definition) is 1. The van der Waals surface area contributed by atoms with E-state index in [0.717, 1.165) is 12.4 Å². The molecule has 124 valence electrons. The van der Waals surface area contributed by atoms with E-state index in [0.29, 0.717) is 22.8 Å². The molecule has 1 amide bonds. The van der Waals surface area contributed by atoms with Gasteiger partial charge >= 0.3 is 0 Å². The molecule has 1 fully saturated rings. The number of amides is 1. The van der Waals surface area contributed by atoms with E-state index in [1.54, 1.807) is 18.3 Å². The number of piperazine rings is 1. The van der Waals surface area contributed by atoms with Gasteiger partial charge in [-0.25, -0.2) is 4.98 Å². The minimum absolute atomic E-state index is 0. The molecule has 8 heteroatoms. The Kier molecular flexibility index (Phi) is 5.56. The molecule has 2 aromatic heterocycles. The first-order valence-electron chi connectivity index (χ1n) is 7.17. The summed E-state index contributed by atoms with van der Waals surface area (Å²) in [6.45, 7) is 3.59. The van der Waals surface area contributed by atoms with Gasteiger partial charge in [0.2, 0.25) is 0 Å². The zero-order valence-corrected chi connectivity index (χ0v) is 14.6. The maximum absolute atomic E-state index is 12.8. The van der Waals surface area contributed by atoms with E-state index in [1.165, 1.54) is 18.3 Å². The summed E-state index contributed by atoms with van der Waals surface area (Å²) < 4.78 is 1.94. The molecule has 23 heavy (non-hydrogen) atoms. The highest BCUT2D eigenvalue weighted by atomic mass is 35.5. The zero-order valence-electron chi connectivity index (χ0n) is 13.0. The summed E-state index contributed by atoms with van der Waals surface area (Å²) in [4.78, 5) is 31.7. The maximum atomic E-state index is 12.8. The number of imidazole rings is 1. The van der Waals surface area contributed by atoms with E-state index < -0.39 is 0 Å². The van der Waals surface area contributed by atoms with Crippen molar-refractivity contribution in [3.8, 4) is 0 Å². The normalized spacial score (nSPS) is 17.7. The van der Waals surface area contributed by atoms with Crippen molar-refractivity contribution in [1.29, 1.82) is 0 Å². The Morgan fingerprint density at radius 1 is 1.35 bits per heavy atom. The third-order valence-corrected chi connectivity index (χ3v) is 5.00. The molecule has 1 unspecified atom stereocenters. The number of nitrogens with zero attached hydrogens (tertiary/aromatic N) is 3. The van der Waals surface area contributed by atoms with E-state index >= 15 is 0 Å². The highest BCUT2D eigenvalue weighted by molar-refractivity contribution is 7.15. The first-order chi connectivity index (χ1) is 10.6. The van der Waals surface area contributed by atoms with E-state index in [9.17, 15) is 9.59 Å². The highest BCUT2D eigenvalue weighted by Gasteiger charge is 2.31. The predicted octanol–water partition coefficient (Wildman–Crippen LogP) is 1.89. The van der Waals surface area contributed by atoms with Gasteiger partial charge in [-0.2, -0.15) is 0 Å². The van der Waals surface area contributed by atoms with Crippen LogP contribution < -0.4 is 5.32 Å². The summed E-state index contributed by atoms with van der Waals surface area (Å²) in [5.74, 6) is 0.820. The van der Waals surface area contributed by atoms with Crippen LogP contribution in [0.25, 0.3) is 0 Å². The largest absolute Gasteiger partial charge is 0.336 e. The Bertz CT molecular complexity index is 712. The molecule has 0 spiro atoms. The van der Waals surface area contributed by atoms with Crippen LogP contribution in [0.3, 0.4) is 0 Å².